The number of unbranched alkanes of at least 4 members (excludes halogenated alkanes) is 3. The normalized spacial score (nSPS) is 11.6. The molecule has 0 aliphatic rings. The highest BCUT2D eigenvalue weighted by molar-refractivity contribution is 6.00. The minimum Gasteiger partial charge on any atom is -0.443 e. The number of carbonyl (C=O) groups excluding carboxylic acids is 1. The van der Waals surface area contributed by atoms with E-state index >= 15 is 0 Å². The molecule has 0 aliphatic carbocycles. The van der Waals surface area contributed by atoms with Crippen molar-refractivity contribution in [3.05, 3.63) is 36.0 Å². The third kappa shape index (κ3) is 5.70. The Bertz CT molecular complexity index is 738. The van der Waals surface area contributed by atoms with Crippen LogP contribution in [0.15, 0.2) is 30.3 Å². The van der Waals surface area contributed by atoms with Gasteiger partial charge in [0.1, 0.15) is 5.60 Å². The quantitative estimate of drug-likeness (QED) is 0.722. The molecule has 0 bridgehead atoms. The molecule has 0 aliphatic heterocycles. The predicted molar refractivity (Wildman–Crippen MR) is 108 cm³/mol. The zero-order chi connectivity index (χ0) is 19.2. The third-order valence-corrected chi connectivity index (χ3v) is 4.06. The maximum atomic E-state index is 12.9. The molecule has 0 atom stereocenters. The molecule has 0 fully saturated rings. The van der Waals surface area contributed by atoms with Crippen molar-refractivity contribution in [1.82, 2.24) is 4.98 Å². The lowest BCUT2D eigenvalue weighted by Gasteiger charge is -2.28. The van der Waals surface area contributed by atoms with E-state index in [-0.39, 0.29) is 6.09 Å². The molecule has 5 nitrogen and oxygen atoms in total. The Morgan fingerprint density at radius 2 is 1.85 bits per heavy atom. The van der Waals surface area contributed by atoms with Crippen LogP contribution in [0.2, 0.25) is 0 Å². The van der Waals surface area contributed by atoms with Gasteiger partial charge in [-0.05, 0) is 59.2 Å². The van der Waals surface area contributed by atoms with Gasteiger partial charge in [0.05, 0.1) is 11.2 Å². The fourth-order valence-corrected chi connectivity index (χ4v) is 2.90. The van der Waals surface area contributed by atoms with Crippen LogP contribution >= 0.6 is 0 Å². The first-order valence-corrected chi connectivity index (χ1v) is 9.39. The zero-order valence-electron chi connectivity index (χ0n) is 16.4. The first-order chi connectivity index (χ1) is 12.3. The van der Waals surface area contributed by atoms with Crippen LogP contribution in [0.1, 0.15) is 52.1 Å². The number of aromatic nitrogens is 1. The largest absolute Gasteiger partial charge is 0.443 e. The molecule has 1 heterocycles. The Labute approximate surface area is 156 Å². The number of nitrogens with zero attached hydrogens (tertiary/aromatic N) is 2. The molecule has 5 heteroatoms. The van der Waals surface area contributed by atoms with E-state index < -0.39 is 5.60 Å². The third-order valence-electron chi connectivity index (χ3n) is 4.06. The minimum absolute atomic E-state index is 0.313. The fraction of sp³-hybridized carbons (Fsp3) is 0.524. The monoisotopic (exact) mass is 357 g/mol. The average molecular weight is 357 g/mol. The van der Waals surface area contributed by atoms with Gasteiger partial charge in [-0.15, -0.1) is 0 Å². The molecule has 2 aromatic rings. The summed E-state index contributed by atoms with van der Waals surface area (Å²) in [4.78, 5) is 19.2. The molecule has 0 spiro atoms. The van der Waals surface area contributed by atoms with Gasteiger partial charge in [-0.1, -0.05) is 31.0 Å². The molecule has 142 valence electrons. The van der Waals surface area contributed by atoms with E-state index in [1.165, 1.54) is 0 Å². The highest BCUT2D eigenvalue weighted by Gasteiger charge is 2.24. The lowest BCUT2D eigenvalue weighted by molar-refractivity contribution is 0.0580. The molecule has 1 aromatic carbocycles. The van der Waals surface area contributed by atoms with Gasteiger partial charge < -0.3 is 10.5 Å². The van der Waals surface area contributed by atoms with Crippen LogP contribution in [-0.4, -0.2) is 29.8 Å². The molecule has 0 saturated carbocycles. The summed E-state index contributed by atoms with van der Waals surface area (Å²) in [5.74, 6) is 0. The molecule has 0 saturated heterocycles. The molecule has 1 amide bonds. The second kappa shape index (κ2) is 8.99. The minimum atomic E-state index is -0.535. The molecule has 1 aromatic heterocycles. The van der Waals surface area contributed by atoms with E-state index in [0.29, 0.717) is 13.1 Å². The summed E-state index contributed by atoms with van der Waals surface area (Å²) in [6.45, 7) is 8.95. The summed E-state index contributed by atoms with van der Waals surface area (Å²) in [5, 5.41) is 0.964. The van der Waals surface area contributed by atoms with Crippen LogP contribution in [0, 0.1) is 6.92 Å². The van der Waals surface area contributed by atoms with Crippen LogP contribution in [-0.2, 0) is 4.74 Å². The molecule has 0 unspecified atom stereocenters. The van der Waals surface area contributed by atoms with Crippen molar-refractivity contribution in [1.29, 1.82) is 0 Å². The van der Waals surface area contributed by atoms with Crippen LogP contribution in [0.25, 0.3) is 10.9 Å². The molecular formula is C21H31N3O2. The van der Waals surface area contributed by atoms with E-state index in [0.717, 1.165) is 48.0 Å². The van der Waals surface area contributed by atoms with Gasteiger partial charge in [-0.2, -0.15) is 0 Å². The maximum Gasteiger partial charge on any atom is 0.414 e. The predicted octanol–water partition coefficient (Wildman–Crippen LogP) is 4.80. The van der Waals surface area contributed by atoms with Crippen LogP contribution in [0.3, 0.4) is 0 Å². The summed E-state index contributed by atoms with van der Waals surface area (Å²) in [6, 6.07) is 9.87. The van der Waals surface area contributed by atoms with Crippen molar-refractivity contribution < 1.29 is 9.53 Å². The van der Waals surface area contributed by atoms with Crippen molar-refractivity contribution in [2.75, 3.05) is 18.0 Å². The van der Waals surface area contributed by atoms with Gasteiger partial charge in [0.2, 0.25) is 0 Å². The summed E-state index contributed by atoms with van der Waals surface area (Å²) < 4.78 is 5.67. The molecule has 2 rings (SSSR count). The van der Waals surface area contributed by atoms with Gasteiger partial charge in [0.15, 0.2) is 0 Å². The average Bonchev–Trinajstić information content (AvgIpc) is 2.56. The number of hydrogen-bond acceptors (Lipinski definition) is 4. The Morgan fingerprint density at radius 1 is 1.15 bits per heavy atom. The van der Waals surface area contributed by atoms with Crippen molar-refractivity contribution in [3.8, 4) is 0 Å². The van der Waals surface area contributed by atoms with Crippen molar-refractivity contribution in [2.45, 2.75) is 59.0 Å². The number of anilines is 1. The van der Waals surface area contributed by atoms with Gasteiger partial charge in [-0.3, -0.25) is 9.88 Å². The number of nitrogens with two attached hydrogens (primary N) is 1. The number of ether oxygens (including phenoxy) is 1. The Hall–Kier alpha value is -2.14. The first kappa shape index (κ1) is 20.2. The van der Waals surface area contributed by atoms with Crippen molar-refractivity contribution >= 4 is 22.7 Å². The zero-order valence-corrected chi connectivity index (χ0v) is 16.4. The number of hydrogen-bond donors (Lipinski definition) is 1. The Morgan fingerprint density at radius 3 is 2.54 bits per heavy atom. The number of aryl methyl sites for hydroxylation is 1. The van der Waals surface area contributed by atoms with E-state index in [9.17, 15) is 4.79 Å². The lowest BCUT2D eigenvalue weighted by atomic mass is 10.1. The summed E-state index contributed by atoms with van der Waals surface area (Å²) in [5.41, 5.74) is 7.67. The van der Waals surface area contributed by atoms with Gasteiger partial charge in [0, 0.05) is 17.6 Å². The van der Waals surface area contributed by atoms with E-state index in [4.69, 9.17) is 10.5 Å². The highest BCUT2D eigenvalue weighted by Crippen LogP contribution is 2.28. The van der Waals surface area contributed by atoms with Crippen molar-refractivity contribution in [3.63, 3.8) is 0 Å². The molecular weight excluding hydrogens is 326 g/mol. The Kier molecular flexibility index (Phi) is 6.98. The smallest absolute Gasteiger partial charge is 0.414 e. The second-order valence-electron chi connectivity index (χ2n) is 7.63. The molecule has 2 N–H and O–H groups in total. The second-order valence-corrected chi connectivity index (χ2v) is 7.63. The number of carbonyl (C=O) groups is 1. The van der Waals surface area contributed by atoms with Gasteiger partial charge in [-0.25, -0.2) is 4.79 Å². The van der Waals surface area contributed by atoms with Crippen LogP contribution < -0.4 is 10.6 Å². The van der Waals surface area contributed by atoms with Gasteiger partial charge in [0.25, 0.3) is 0 Å². The number of fused-ring (bicyclic) bond motifs is 1. The van der Waals surface area contributed by atoms with E-state index in [2.05, 4.69) is 4.98 Å². The fourth-order valence-electron chi connectivity index (χ4n) is 2.90. The number of amides is 1. The number of pyridine rings is 1. The summed E-state index contributed by atoms with van der Waals surface area (Å²) >= 11 is 0. The number of benzene rings is 1. The van der Waals surface area contributed by atoms with Crippen LogP contribution in [0.5, 0.6) is 0 Å². The molecule has 26 heavy (non-hydrogen) atoms. The summed E-state index contributed by atoms with van der Waals surface area (Å²) in [7, 11) is 0. The SMILES string of the molecule is Cc1cc(N(CCCCCCN)C(=O)OC(C)(C)C)c2ccccc2n1. The highest BCUT2D eigenvalue weighted by atomic mass is 16.6. The van der Waals surface area contributed by atoms with E-state index in [1.54, 1.807) is 4.90 Å². The summed E-state index contributed by atoms with van der Waals surface area (Å²) in [6.07, 6.45) is 3.73. The molecule has 0 radical (unpaired) electrons. The maximum absolute atomic E-state index is 12.9. The van der Waals surface area contributed by atoms with Gasteiger partial charge >= 0.3 is 6.09 Å². The van der Waals surface area contributed by atoms with Crippen LogP contribution in [0.4, 0.5) is 10.5 Å². The Balaban J connectivity index is 2.32. The lowest BCUT2D eigenvalue weighted by Crippen LogP contribution is -2.37. The number of rotatable bonds is 7. The first-order valence-electron chi connectivity index (χ1n) is 9.39. The van der Waals surface area contributed by atoms with Crippen molar-refractivity contribution in [2.24, 2.45) is 5.73 Å². The van der Waals surface area contributed by atoms with E-state index in [1.807, 2.05) is 58.0 Å². The standard InChI is InChI=1S/C21H31N3O2/c1-16-15-19(17-11-7-8-12-18(17)23-16)24(14-10-6-5-9-13-22)20(25)26-21(2,3)4/h7-8,11-12,15H,5-6,9-10,13-14,22H2,1-4H3. The number of para-hydroxylation sites is 1. The topological polar surface area (TPSA) is 68.5 Å².